The van der Waals surface area contributed by atoms with Gasteiger partial charge in [-0.3, -0.25) is 14.4 Å². The smallest absolute Gasteiger partial charge is 0.242 e. The predicted octanol–water partition coefficient (Wildman–Crippen LogP) is -1.46. The van der Waals surface area contributed by atoms with E-state index in [0.717, 1.165) is 0 Å². The van der Waals surface area contributed by atoms with Gasteiger partial charge in [-0.05, 0) is 6.42 Å². The molecule has 2 saturated heterocycles. The molecule has 2 heterocycles. The second-order valence-corrected chi connectivity index (χ2v) is 5.26. The highest BCUT2D eigenvalue weighted by Crippen LogP contribution is 2.11. The van der Waals surface area contributed by atoms with Crippen LogP contribution in [0.3, 0.4) is 0 Å². The van der Waals surface area contributed by atoms with Crippen molar-refractivity contribution in [1.29, 1.82) is 0 Å². The van der Waals surface area contributed by atoms with E-state index in [-0.39, 0.29) is 24.8 Å². The third kappa shape index (κ3) is 4.41. The first kappa shape index (κ1) is 16.7. The lowest BCUT2D eigenvalue weighted by atomic mass is 10.1. The maximum atomic E-state index is 12.2. The summed E-state index contributed by atoms with van der Waals surface area (Å²) in [5.74, 6) is -0.830. The molecule has 8 nitrogen and oxygen atoms in total. The number of nitrogens with two attached hydrogens (primary N) is 1. The van der Waals surface area contributed by atoms with Crippen molar-refractivity contribution in [2.24, 2.45) is 5.73 Å². The highest BCUT2D eigenvalue weighted by molar-refractivity contribution is 5.88. The summed E-state index contributed by atoms with van der Waals surface area (Å²) in [6.45, 7) is 3.14. The van der Waals surface area contributed by atoms with Gasteiger partial charge in [0.1, 0.15) is 6.04 Å². The zero-order valence-corrected chi connectivity index (χ0v) is 12.5. The van der Waals surface area contributed by atoms with E-state index in [1.165, 1.54) is 11.3 Å². The SMILES string of the molecule is NC(=O)[C@H]1COCCN1C(=O)CC[CH]C(=O)N1CCOCC1. The maximum absolute atomic E-state index is 12.2. The molecule has 0 bridgehead atoms. The minimum absolute atomic E-state index is 0.0791. The van der Waals surface area contributed by atoms with Crippen LogP contribution in [0.2, 0.25) is 0 Å². The zero-order chi connectivity index (χ0) is 15.9. The quantitative estimate of drug-likeness (QED) is 0.668. The molecule has 123 valence electrons. The summed E-state index contributed by atoms with van der Waals surface area (Å²) in [4.78, 5) is 38.6. The second-order valence-electron chi connectivity index (χ2n) is 5.26. The first-order valence-corrected chi connectivity index (χ1v) is 7.46. The van der Waals surface area contributed by atoms with E-state index in [9.17, 15) is 14.4 Å². The number of primary amides is 1. The molecule has 0 aromatic heterocycles. The van der Waals surface area contributed by atoms with Crippen LogP contribution in [0, 0.1) is 6.42 Å². The summed E-state index contributed by atoms with van der Waals surface area (Å²) in [5.41, 5.74) is 5.28. The lowest BCUT2D eigenvalue weighted by Gasteiger charge is -2.33. The number of amides is 3. The molecule has 0 spiro atoms. The Morgan fingerprint density at radius 2 is 1.77 bits per heavy atom. The van der Waals surface area contributed by atoms with Gasteiger partial charge >= 0.3 is 0 Å². The topological polar surface area (TPSA) is 102 Å². The third-order valence-electron chi connectivity index (χ3n) is 3.78. The molecule has 2 rings (SSSR count). The van der Waals surface area contributed by atoms with Gasteiger partial charge in [0.15, 0.2) is 0 Å². The molecule has 2 N–H and O–H groups in total. The van der Waals surface area contributed by atoms with Crippen LogP contribution in [0.15, 0.2) is 0 Å². The van der Waals surface area contributed by atoms with Gasteiger partial charge in [0.25, 0.3) is 0 Å². The molecule has 1 atom stereocenters. The van der Waals surface area contributed by atoms with Crippen LogP contribution in [0.4, 0.5) is 0 Å². The fourth-order valence-electron chi connectivity index (χ4n) is 2.51. The Hall–Kier alpha value is -1.67. The summed E-state index contributed by atoms with van der Waals surface area (Å²) in [6, 6.07) is -0.712. The van der Waals surface area contributed by atoms with Crippen molar-refractivity contribution in [3.63, 3.8) is 0 Å². The predicted molar refractivity (Wildman–Crippen MR) is 76.4 cm³/mol. The zero-order valence-electron chi connectivity index (χ0n) is 12.5. The van der Waals surface area contributed by atoms with E-state index in [1.807, 2.05) is 0 Å². The Bertz CT molecular complexity index is 423. The molecule has 2 fully saturated rings. The van der Waals surface area contributed by atoms with Crippen molar-refractivity contribution in [3.8, 4) is 0 Å². The molecule has 2 aliphatic rings. The van der Waals surface area contributed by atoms with E-state index in [4.69, 9.17) is 15.2 Å². The van der Waals surface area contributed by atoms with Crippen molar-refractivity contribution in [3.05, 3.63) is 6.42 Å². The minimum atomic E-state index is -0.712. The highest BCUT2D eigenvalue weighted by atomic mass is 16.5. The molecule has 1 radical (unpaired) electrons. The Morgan fingerprint density at radius 1 is 1.09 bits per heavy atom. The molecule has 0 aromatic carbocycles. The largest absolute Gasteiger partial charge is 0.378 e. The van der Waals surface area contributed by atoms with Crippen molar-refractivity contribution >= 4 is 17.7 Å². The molecule has 0 aromatic rings. The Labute approximate surface area is 129 Å². The van der Waals surface area contributed by atoms with E-state index < -0.39 is 11.9 Å². The summed E-state index contributed by atoms with van der Waals surface area (Å²) >= 11 is 0. The minimum Gasteiger partial charge on any atom is -0.378 e. The average Bonchev–Trinajstić information content (AvgIpc) is 2.55. The van der Waals surface area contributed by atoms with Crippen molar-refractivity contribution < 1.29 is 23.9 Å². The molecule has 22 heavy (non-hydrogen) atoms. The van der Waals surface area contributed by atoms with Crippen LogP contribution < -0.4 is 5.73 Å². The number of hydrogen-bond donors (Lipinski definition) is 1. The second kappa shape index (κ2) is 8.09. The highest BCUT2D eigenvalue weighted by Gasteiger charge is 2.31. The molecule has 2 aliphatic heterocycles. The molecule has 0 saturated carbocycles. The average molecular weight is 312 g/mol. The van der Waals surface area contributed by atoms with E-state index in [1.54, 1.807) is 4.90 Å². The van der Waals surface area contributed by atoms with Gasteiger partial charge in [-0.15, -0.1) is 0 Å². The number of hydrogen-bond acceptors (Lipinski definition) is 5. The number of rotatable bonds is 5. The fourth-order valence-corrected chi connectivity index (χ4v) is 2.51. The third-order valence-corrected chi connectivity index (χ3v) is 3.78. The van der Waals surface area contributed by atoms with Crippen molar-refractivity contribution in [1.82, 2.24) is 9.80 Å². The summed E-state index contributed by atoms with van der Waals surface area (Å²) in [7, 11) is 0. The monoisotopic (exact) mass is 312 g/mol. The molecular weight excluding hydrogens is 290 g/mol. The fraction of sp³-hybridized carbons (Fsp3) is 0.714. The molecule has 0 aliphatic carbocycles. The number of carbonyl (C=O) groups is 3. The van der Waals surface area contributed by atoms with Crippen LogP contribution in [-0.4, -0.2) is 79.6 Å². The molecule has 8 heteroatoms. The number of carbonyl (C=O) groups excluding carboxylic acids is 3. The van der Waals surface area contributed by atoms with Gasteiger partial charge in [-0.2, -0.15) is 0 Å². The van der Waals surface area contributed by atoms with Crippen LogP contribution in [0.1, 0.15) is 12.8 Å². The standard InChI is InChI=1S/C14H22N3O5/c15-14(20)11-10-22-9-6-17(11)13(19)3-1-2-12(18)16-4-7-21-8-5-16/h2,11H,1,3-10H2,(H2,15,20)/t11-/m1/s1. The normalized spacial score (nSPS) is 22.5. The number of ether oxygens (including phenoxy) is 2. The van der Waals surface area contributed by atoms with E-state index in [0.29, 0.717) is 45.9 Å². The number of morpholine rings is 2. The van der Waals surface area contributed by atoms with Crippen LogP contribution in [0.5, 0.6) is 0 Å². The molecule has 0 unspecified atom stereocenters. The first-order valence-electron chi connectivity index (χ1n) is 7.46. The van der Waals surface area contributed by atoms with Crippen LogP contribution >= 0.6 is 0 Å². The van der Waals surface area contributed by atoms with Gasteiger partial charge in [0, 0.05) is 26.1 Å². The van der Waals surface area contributed by atoms with Crippen LogP contribution in [-0.2, 0) is 23.9 Å². The van der Waals surface area contributed by atoms with Gasteiger partial charge in [0.05, 0.1) is 32.8 Å². The van der Waals surface area contributed by atoms with Crippen LogP contribution in [0.25, 0.3) is 0 Å². The van der Waals surface area contributed by atoms with Gasteiger partial charge in [-0.25, -0.2) is 0 Å². The van der Waals surface area contributed by atoms with Crippen molar-refractivity contribution in [2.45, 2.75) is 18.9 Å². The van der Waals surface area contributed by atoms with E-state index >= 15 is 0 Å². The van der Waals surface area contributed by atoms with Gasteiger partial charge < -0.3 is 25.0 Å². The Kier molecular flexibility index (Phi) is 6.14. The summed E-state index contributed by atoms with van der Waals surface area (Å²) < 4.78 is 10.4. The van der Waals surface area contributed by atoms with Crippen molar-refractivity contribution in [2.75, 3.05) is 46.1 Å². The maximum Gasteiger partial charge on any atom is 0.242 e. The number of nitrogens with zero attached hydrogens (tertiary/aromatic N) is 2. The summed E-state index contributed by atoms with van der Waals surface area (Å²) in [5, 5.41) is 0. The molecule has 3 amide bonds. The van der Waals surface area contributed by atoms with Gasteiger partial charge in [0.2, 0.25) is 17.7 Å². The Morgan fingerprint density at radius 3 is 2.45 bits per heavy atom. The Balaban J connectivity index is 1.74. The lowest BCUT2D eigenvalue weighted by molar-refractivity contribution is -0.147. The summed E-state index contributed by atoms with van der Waals surface area (Å²) in [6.07, 6.45) is 2.04. The molecular formula is C14H22N3O5. The first-order chi connectivity index (χ1) is 10.6. The van der Waals surface area contributed by atoms with Gasteiger partial charge in [-0.1, -0.05) is 0 Å². The van der Waals surface area contributed by atoms with E-state index in [2.05, 4.69) is 0 Å². The lowest BCUT2D eigenvalue weighted by Crippen LogP contribution is -2.54.